The molecule has 1 aliphatic rings. The number of hydrogen-bond donors (Lipinski definition) is 3. The molecule has 0 aromatic heterocycles. The van der Waals surface area contributed by atoms with Crippen LogP contribution in [-0.4, -0.2) is 46.8 Å². The molecule has 4 nitrogen and oxygen atoms in total. The molecule has 9 heavy (non-hydrogen) atoms. The van der Waals surface area contributed by atoms with Crippen molar-refractivity contribution in [3.05, 3.63) is 0 Å². The highest BCUT2D eigenvalue weighted by atomic mass is 16.5. The molecule has 0 aliphatic carbocycles. The Bertz CT molecular complexity index is 95.0. The first-order chi connectivity index (χ1) is 4.25. The summed E-state index contributed by atoms with van der Waals surface area (Å²) in [6, 6.07) is 0. The van der Waals surface area contributed by atoms with E-state index >= 15 is 0 Å². The maximum atomic E-state index is 8.92. The maximum Gasteiger partial charge on any atom is 0.110 e. The average Bonchev–Trinajstić information content (AvgIpc) is 2.15. The molecule has 0 radical (unpaired) electrons. The van der Waals surface area contributed by atoms with Crippen molar-refractivity contribution in [3.63, 3.8) is 0 Å². The Hall–Kier alpha value is -0.160. The van der Waals surface area contributed by atoms with Gasteiger partial charge in [-0.3, -0.25) is 0 Å². The van der Waals surface area contributed by atoms with Crippen LogP contribution in [0.1, 0.15) is 0 Å². The van der Waals surface area contributed by atoms with E-state index < -0.39 is 18.3 Å². The number of hydrogen-bond acceptors (Lipinski definition) is 4. The van der Waals surface area contributed by atoms with Crippen molar-refractivity contribution in [2.75, 3.05) is 13.2 Å². The van der Waals surface area contributed by atoms with E-state index in [9.17, 15) is 0 Å². The van der Waals surface area contributed by atoms with Gasteiger partial charge in [-0.15, -0.1) is 0 Å². The van der Waals surface area contributed by atoms with E-state index in [1.807, 2.05) is 0 Å². The summed E-state index contributed by atoms with van der Waals surface area (Å²) in [5.41, 5.74) is 0. The fourth-order valence-electron chi connectivity index (χ4n) is 0.828. The Labute approximate surface area is 52.7 Å². The Balaban J connectivity index is 2.41. The van der Waals surface area contributed by atoms with Gasteiger partial charge in [-0.1, -0.05) is 0 Å². The number of aliphatic hydroxyl groups excluding tert-OH is 3. The number of rotatable bonds is 1. The van der Waals surface area contributed by atoms with Crippen LogP contribution in [0, 0.1) is 0 Å². The second-order valence-electron chi connectivity index (χ2n) is 2.11. The van der Waals surface area contributed by atoms with Gasteiger partial charge in [-0.25, -0.2) is 0 Å². The molecule has 4 heteroatoms. The Morgan fingerprint density at radius 3 is 2.33 bits per heavy atom. The van der Waals surface area contributed by atoms with Gasteiger partial charge in [0.25, 0.3) is 0 Å². The van der Waals surface area contributed by atoms with Crippen molar-refractivity contribution in [1.29, 1.82) is 0 Å². The molecule has 3 N–H and O–H groups in total. The van der Waals surface area contributed by atoms with E-state index in [0.717, 1.165) is 0 Å². The van der Waals surface area contributed by atoms with Gasteiger partial charge in [-0.2, -0.15) is 0 Å². The quantitative estimate of drug-likeness (QED) is 0.392. The van der Waals surface area contributed by atoms with Crippen molar-refractivity contribution in [1.82, 2.24) is 0 Å². The van der Waals surface area contributed by atoms with Crippen LogP contribution in [0.4, 0.5) is 0 Å². The second-order valence-corrected chi connectivity index (χ2v) is 2.11. The summed E-state index contributed by atoms with van der Waals surface area (Å²) in [4.78, 5) is 0. The zero-order valence-electron chi connectivity index (χ0n) is 4.90. The molecular weight excluding hydrogens is 124 g/mol. The average molecular weight is 134 g/mol. The smallest absolute Gasteiger partial charge is 0.110 e. The molecule has 3 atom stereocenters. The zero-order chi connectivity index (χ0) is 6.85. The maximum absolute atomic E-state index is 8.92. The molecule has 54 valence electrons. The minimum absolute atomic E-state index is 0.117. The van der Waals surface area contributed by atoms with Gasteiger partial charge < -0.3 is 20.1 Å². The van der Waals surface area contributed by atoms with Crippen LogP contribution >= 0.6 is 0 Å². The highest BCUT2D eigenvalue weighted by molar-refractivity contribution is 4.81. The van der Waals surface area contributed by atoms with Crippen LogP contribution in [0.5, 0.6) is 0 Å². The van der Waals surface area contributed by atoms with E-state index in [4.69, 9.17) is 20.1 Å². The summed E-state index contributed by atoms with van der Waals surface area (Å²) in [6.07, 6.45) is -2.35. The lowest BCUT2D eigenvalue weighted by molar-refractivity contribution is -0.00588. The lowest BCUT2D eigenvalue weighted by Gasteiger charge is -2.10. The standard InChI is InChI=1S/C5H10O4/c6-1-4-5(8)3(7)2-9-4/h3-8H,1-2H2/t3-,4-,5+/m0/s1. The largest absolute Gasteiger partial charge is 0.394 e. The number of ether oxygens (including phenoxy) is 1. The van der Waals surface area contributed by atoms with E-state index in [-0.39, 0.29) is 13.2 Å². The molecule has 1 saturated heterocycles. The molecule has 0 saturated carbocycles. The fourth-order valence-corrected chi connectivity index (χ4v) is 0.828. The Morgan fingerprint density at radius 2 is 2.11 bits per heavy atom. The van der Waals surface area contributed by atoms with Gasteiger partial charge in [0.1, 0.15) is 18.3 Å². The Kier molecular flexibility index (Phi) is 2.02. The normalized spacial score (nSPS) is 43.7. The van der Waals surface area contributed by atoms with Crippen LogP contribution in [-0.2, 0) is 4.74 Å². The molecule has 0 unspecified atom stereocenters. The first-order valence-electron chi connectivity index (χ1n) is 2.84. The van der Waals surface area contributed by atoms with E-state index in [1.54, 1.807) is 0 Å². The molecule has 0 bridgehead atoms. The van der Waals surface area contributed by atoms with E-state index in [0.29, 0.717) is 0 Å². The summed E-state index contributed by atoms with van der Waals surface area (Å²) < 4.78 is 4.78. The fraction of sp³-hybridized carbons (Fsp3) is 1.00. The molecule has 1 heterocycles. The first-order valence-corrected chi connectivity index (χ1v) is 2.84. The topological polar surface area (TPSA) is 69.9 Å². The van der Waals surface area contributed by atoms with E-state index in [2.05, 4.69) is 0 Å². The predicted molar refractivity (Wildman–Crippen MR) is 28.8 cm³/mol. The van der Waals surface area contributed by atoms with Crippen molar-refractivity contribution in [3.8, 4) is 0 Å². The van der Waals surface area contributed by atoms with Gasteiger partial charge in [-0.05, 0) is 0 Å². The van der Waals surface area contributed by atoms with Crippen molar-refractivity contribution >= 4 is 0 Å². The summed E-state index contributed by atoms with van der Waals surface area (Å²) in [5, 5.41) is 26.2. The molecule has 0 amide bonds. The van der Waals surface area contributed by atoms with Crippen LogP contribution in [0.15, 0.2) is 0 Å². The summed E-state index contributed by atoms with van der Waals surface area (Å²) >= 11 is 0. The van der Waals surface area contributed by atoms with Crippen LogP contribution in [0.2, 0.25) is 0 Å². The van der Waals surface area contributed by atoms with Crippen molar-refractivity contribution < 1.29 is 20.1 Å². The lowest BCUT2D eigenvalue weighted by Crippen LogP contribution is -2.31. The molecule has 0 spiro atoms. The third-order valence-corrected chi connectivity index (χ3v) is 1.44. The minimum atomic E-state index is -0.921. The highest BCUT2D eigenvalue weighted by Gasteiger charge is 2.33. The molecular formula is C5H10O4. The highest BCUT2D eigenvalue weighted by Crippen LogP contribution is 2.12. The van der Waals surface area contributed by atoms with Crippen LogP contribution in [0.25, 0.3) is 0 Å². The molecule has 0 aromatic carbocycles. The zero-order valence-corrected chi connectivity index (χ0v) is 4.90. The summed E-state index contributed by atoms with van der Waals surface area (Å²) in [6.45, 7) is -0.120. The third kappa shape index (κ3) is 1.21. The van der Waals surface area contributed by atoms with Crippen molar-refractivity contribution in [2.45, 2.75) is 18.3 Å². The monoisotopic (exact) mass is 134 g/mol. The van der Waals surface area contributed by atoms with Crippen LogP contribution in [0.3, 0.4) is 0 Å². The Morgan fingerprint density at radius 1 is 1.44 bits per heavy atom. The molecule has 0 aromatic rings. The van der Waals surface area contributed by atoms with Gasteiger partial charge in [0, 0.05) is 0 Å². The van der Waals surface area contributed by atoms with E-state index in [1.165, 1.54) is 0 Å². The molecule has 1 rings (SSSR count). The molecule has 1 aliphatic heterocycles. The molecule has 1 fully saturated rings. The lowest BCUT2D eigenvalue weighted by atomic mass is 10.2. The second kappa shape index (κ2) is 2.62. The SMILES string of the molecule is OC[C@@H]1OC[C@H](O)[C@H]1O. The third-order valence-electron chi connectivity index (χ3n) is 1.44. The van der Waals surface area contributed by atoms with Crippen molar-refractivity contribution in [2.24, 2.45) is 0 Å². The summed E-state index contributed by atoms with van der Waals surface area (Å²) in [7, 11) is 0. The van der Waals surface area contributed by atoms with Gasteiger partial charge in [0.05, 0.1) is 13.2 Å². The van der Waals surface area contributed by atoms with Gasteiger partial charge >= 0.3 is 0 Å². The first kappa shape index (κ1) is 6.95. The minimum Gasteiger partial charge on any atom is -0.394 e. The predicted octanol–water partition coefficient (Wildman–Crippen LogP) is -1.90. The van der Waals surface area contributed by atoms with Crippen LogP contribution < -0.4 is 0 Å². The van der Waals surface area contributed by atoms with Gasteiger partial charge in [0.2, 0.25) is 0 Å². The summed E-state index contributed by atoms with van der Waals surface area (Å²) in [5.74, 6) is 0. The van der Waals surface area contributed by atoms with Gasteiger partial charge in [0.15, 0.2) is 0 Å². The number of aliphatic hydroxyl groups is 3.